The lowest BCUT2D eigenvalue weighted by Crippen LogP contribution is -2.27. The first-order valence-corrected chi connectivity index (χ1v) is 9.37. The Hall–Kier alpha value is -3.93. The second-order valence-corrected chi connectivity index (χ2v) is 6.60. The Balaban J connectivity index is 1.30. The molecule has 0 spiro atoms. The Morgan fingerprint density at radius 1 is 0.862 bits per heavy atom. The number of fused-ring (bicyclic) bond motifs is 1. The maximum absolute atomic E-state index is 12.1. The number of rotatable bonds is 6. The van der Waals surface area contributed by atoms with E-state index in [1.54, 1.807) is 24.3 Å². The van der Waals surface area contributed by atoms with Crippen LogP contribution in [0.4, 0.5) is 5.69 Å². The van der Waals surface area contributed by atoms with Crippen LogP contribution in [0.1, 0.15) is 16.8 Å². The van der Waals surface area contributed by atoms with Crippen molar-refractivity contribution in [2.45, 2.75) is 6.42 Å². The molecule has 6 heteroatoms. The fourth-order valence-corrected chi connectivity index (χ4v) is 3.01. The number of nitrogens with one attached hydrogen (secondary N) is 3. The van der Waals surface area contributed by atoms with Gasteiger partial charge in [0.2, 0.25) is 5.91 Å². The highest BCUT2D eigenvalue weighted by Crippen LogP contribution is 2.22. The average molecular weight is 384 g/mol. The zero-order chi connectivity index (χ0) is 20.1. The molecule has 4 rings (SSSR count). The van der Waals surface area contributed by atoms with Gasteiger partial charge in [-0.25, -0.2) is 4.98 Å². The van der Waals surface area contributed by atoms with Crippen molar-refractivity contribution in [3.8, 4) is 11.4 Å². The first-order valence-electron chi connectivity index (χ1n) is 9.37. The van der Waals surface area contributed by atoms with E-state index >= 15 is 0 Å². The molecule has 1 heterocycles. The molecule has 0 aliphatic rings. The predicted molar refractivity (Wildman–Crippen MR) is 114 cm³/mol. The minimum absolute atomic E-state index is 0.158. The maximum Gasteiger partial charge on any atom is 0.251 e. The molecule has 29 heavy (non-hydrogen) atoms. The van der Waals surface area contributed by atoms with Gasteiger partial charge in [0.15, 0.2) is 0 Å². The van der Waals surface area contributed by atoms with Crippen LogP contribution < -0.4 is 10.6 Å². The van der Waals surface area contributed by atoms with Crippen molar-refractivity contribution in [1.29, 1.82) is 0 Å². The van der Waals surface area contributed by atoms with Crippen LogP contribution in [0.2, 0.25) is 0 Å². The van der Waals surface area contributed by atoms with Gasteiger partial charge in [-0.1, -0.05) is 30.3 Å². The second kappa shape index (κ2) is 8.39. The van der Waals surface area contributed by atoms with Crippen molar-refractivity contribution in [1.82, 2.24) is 15.3 Å². The van der Waals surface area contributed by atoms with Crippen molar-refractivity contribution < 1.29 is 9.59 Å². The van der Waals surface area contributed by atoms with Crippen molar-refractivity contribution in [2.24, 2.45) is 0 Å². The number of imidazole rings is 1. The summed E-state index contributed by atoms with van der Waals surface area (Å²) >= 11 is 0. The van der Waals surface area contributed by atoms with Crippen molar-refractivity contribution in [2.75, 3.05) is 11.9 Å². The second-order valence-electron chi connectivity index (χ2n) is 6.60. The van der Waals surface area contributed by atoms with E-state index in [-0.39, 0.29) is 24.8 Å². The first-order chi connectivity index (χ1) is 14.2. The van der Waals surface area contributed by atoms with Gasteiger partial charge < -0.3 is 15.6 Å². The Labute approximate surface area is 168 Å². The molecule has 3 aromatic carbocycles. The monoisotopic (exact) mass is 384 g/mol. The summed E-state index contributed by atoms with van der Waals surface area (Å²) in [5, 5.41) is 5.59. The minimum atomic E-state index is -0.186. The molecule has 0 fully saturated rings. The number of amides is 2. The van der Waals surface area contributed by atoms with Gasteiger partial charge >= 0.3 is 0 Å². The van der Waals surface area contributed by atoms with Crippen molar-refractivity contribution in [3.63, 3.8) is 0 Å². The summed E-state index contributed by atoms with van der Waals surface area (Å²) in [5.74, 6) is 0.441. The summed E-state index contributed by atoms with van der Waals surface area (Å²) in [6.07, 6.45) is 0.198. The number of hydrogen-bond acceptors (Lipinski definition) is 3. The molecule has 0 radical (unpaired) electrons. The maximum atomic E-state index is 12.1. The standard InChI is InChI=1S/C23H20N4O2/c28-21(14-15-24-23(29)17-6-2-1-3-7-17)25-18-12-10-16(11-13-18)22-26-19-8-4-5-9-20(19)27-22/h1-13H,14-15H2,(H,24,29)(H,25,28)(H,26,27). The van der Waals surface area contributed by atoms with Gasteiger partial charge in [0, 0.05) is 29.8 Å². The van der Waals surface area contributed by atoms with Crippen LogP contribution in [0.5, 0.6) is 0 Å². The third-order valence-electron chi connectivity index (χ3n) is 4.51. The molecule has 2 amide bonds. The number of carbonyl (C=O) groups is 2. The smallest absolute Gasteiger partial charge is 0.251 e. The molecular formula is C23H20N4O2. The summed E-state index contributed by atoms with van der Waals surface area (Å²) in [4.78, 5) is 31.9. The molecule has 0 unspecified atom stereocenters. The van der Waals surface area contributed by atoms with Gasteiger partial charge in [-0.05, 0) is 48.5 Å². The third-order valence-corrected chi connectivity index (χ3v) is 4.51. The Morgan fingerprint density at radius 3 is 2.34 bits per heavy atom. The van der Waals surface area contributed by atoms with E-state index < -0.39 is 0 Å². The third kappa shape index (κ3) is 4.50. The molecule has 3 N–H and O–H groups in total. The summed E-state index contributed by atoms with van der Waals surface area (Å²) < 4.78 is 0. The molecule has 0 saturated carbocycles. The molecule has 0 bridgehead atoms. The van der Waals surface area contributed by atoms with Gasteiger partial charge in [0.1, 0.15) is 5.82 Å². The topological polar surface area (TPSA) is 86.9 Å². The highest BCUT2D eigenvalue weighted by atomic mass is 16.2. The van der Waals surface area contributed by atoms with E-state index in [0.29, 0.717) is 11.3 Å². The highest BCUT2D eigenvalue weighted by Gasteiger charge is 2.08. The van der Waals surface area contributed by atoms with Crippen LogP contribution in [0.25, 0.3) is 22.4 Å². The number of benzene rings is 3. The fraction of sp³-hybridized carbons (Fsp3) is 0.0870. The Morgan fingerprint density at radius 2 is 1.59 bits per heavy atom. The number of aromatic nitrogens is 2. The fourth-order valence-electron chi connectivity index (χ4n) is 3.01. The van der Waals surface area contributed by atoms with Gasteiger partial charge in [-0.15, -0.1) is 0 Å². The quantitative estimate of drug-likeness (QED) is 0.470. The van der Waals surface area contributed by atoms with E-state index in [1.165, 1.54) is 0 Å². The van der Waals surface area contributed by atoms with Crippen LogP contribution in [0, 0.1) is 0 Å². The van der Waals surface area contributed by atoms with Crippen LogP contribution in [-0.2, 0) is 4.79 Å². The van der Waals surface area contributed by atoms with E-state index in [4.69, 9.17) is 0 Å². The number of H-pyrrole nitrogens is 1. The lowest BCUT2D eigenvalue weighted by atomic mass is 10.2. The molecular weight excluding hydrogens is 364 g/mol. The molecule has 0 saturated heterocycles. The van der Waals surface area contributed by atoms with Gasteiger partial charge in [0.05, 0.1) is 11.0 Å². The van der Waals surface area contributed by atoms with Gasteiger partial charge in [-0.3, -0.25) is 9.59 Å². The number of carbonyl (C=O) groups excluding carboxylic acids is 2. The van der Waals surface area contributed by atoms with Crippen LogP contribution in [-0.4, -0.2) is 28.3 Å². The van der Waals surface area contributed by atoms with Gasteiger partial charge in [-0.2, -0.15) is 0 Å². The Kier molecular flexibility index (Phi) is 5.33. The summed E-state index contributed by atoms with van der Waals surface area (Å²) in [6, 6.07) is 24.3. The SMILES string of the molecule is O=C(CCNC(=O)c1ccccc1)Nc1ccc(-c2nc3ccccc3[nH]2)cc1. The zero-order valence-corrected chi connectivity index (χ0v) is 15.7. The molecule has 1 aromatic heterocycles. The molecule has 0 aliphatic heterocycles. The predicted octanol–water partition coefficient (Wildman–Crippen LogP) is 3.99. The minimum Gasteiger partial charge on any atom is -0.352 e. The lowest BCUT2D eigenvalue weighted by molar-refractivity contribution is -0.116. The number of para-hydroxylation sites is 2. The summed E-state index contributed by atoms with van der Waals surface area (Å²) in [6.45, 7) is 0.274. The van der Waals surface area contributed by atoms with Crippen LogP contribution >= 0.6 is 0 Å². The molecule has 144 valence electrons. The lowest BCUT2D eigenvalue weighted by Gasteiger charge is -2.07. The highest BCUT2D eigenvalue weighted by molar-refractivity contribution is 5.95. The molecule has 4 aromatic rings. The van der Waals surface area contributed by atoms with Crippen molar-refractivity contribution >= 4 is 28.5 Å². The molecule has 6 nitrogen and oxygen atoms in total. The number of nitrogens with zero attached hydrogens (tertiary/aromatic N) is 1. The summed E-state index contributed by atoms with van der Waals surface area (Å²) in [5.41, 5.74) is 4.11. The Bertz CT molecular complexity index is 1100. The number of hydrogen-bond donors (Lipinski definition) is 3. The number of anilines is 1. The normalized spacial score (nSPS) is 10.6. The van der Waals surface area contributed by atoms with E-state index in [1.807, 2.05) is 54.6 Å². The van der Waals surface area contributed by atoms with Crippen LogP contribution in [0.3, 0.4) is 0 Å². The molecule has 0 aliphatic carbocycles. The van der Waals surface area contributed by atoms with E-state index in [0.717, 1.165) is 22.4 Å². The zero-order valence-electron chi connectivity index (χ0n) is 15.7. The number of aromatic amines is 1. The van der Waals surface area contributed by atoms with Gasteiger partial charge in [0.25, 0.3) is 5.91 Å². The van der Waals surface area contributed by atoms with Crippen molar-refractivity contribution in [3.05, 3.63) is 84.4 Å². The largest absolute Gasteiger partial charge is 0.352 e. The average Bonchev–Trinajstić information content (AvgIpc) is 3.19. The van der Waals surface area contributed by atoms with E-state index in [9.17, 15) is 9.59 Å². The van der Waals surface area contributed by atoms with E-state index in [2.05, 4.69) is 20.6 Å². The van der Waals surface area contributed by atoms with Crippen LogP contribution in [0.15, 0.2) is 78.9 Å². The molecule has 0 atom stereocenters. The first kappa shape index (κ1) is 18.4. The summed E-state index contributed by atoms with van der Waals surface area (Å²) in [7, 11) is 0.